The van der Waals surface area contributed by atoms with E-state index in [1.807, 2.05) is 32.0 Å². The van der Waals surface area contributed by atoms with Gasteiger partial charge in [0.1, 0.15) is 0 Å². The molecule has 0 aliphatic carbocycles. The molecule has 2 N–H and O–H groups in total. The Hall–Kier alpha value is -1.33. The fourth-order valence-electron chi connectivity index (χ4n) is 1.67. The molecule has 0 amide bonds. The fourth-order valence-corrected chi connectivity index (χ4v) is 1.77. The lowest BCUT2D eigenvalue weighted by Gasteiger charge is -2.22. The minimum absolute atomic E-state index is 0.162. The van der Waals surface area contributed by atoms with Crippen molar-refractivity contribution in [2.24, 2.45) is 11.1 Å². The predicted molar refractivity (Wildman–Crippen MR) is 77.4 cm³/mol. The predicted octanol–water partition coefficient (Wildman–Crippen LogP) is 2.63. The SMILES string of the molecule is CC(C)(CCOCc1ccc2c(c1)OCO2)C(N)=S. The first-order chi connectivity index (χ1) is 8.99. The molecule has 4 nitrogen and oxygen atoms in total. The Morgan fingerprint density at radius 3 is 2.84 bits per heavy atom. The lowest BCUT2D eigenvalue weighted by atomic mass is 9.90. The van der Waals surface area contributed by atoms with E-state index in [1.165, 1.54) is 0 Å². The highest BCUT2D eigenvalue weighted by atomic mass is 32.1. The van der Waals surface area contributed by atoms with Crippen molar-refractivity contribution in [3.63, 3.8) is 0 Å². The van der Waals surface area contributed by atoms with Crippen LogP contribution in [-0.4, -0.2) is 18.4 Å². The Balaban J connectivity index is 1.79. The number of hydrogen-bond donors (Lipinski definition) is 1. The standard InChI is InChI=1S/C14H19NO3S/c1-14(2,13(15)19)5-6-16-8-10-3-4-11-12(7-10)18-9-17-11/h3-4,7H,5-6,8-9H2,1-2H3,(H2,15,19). The first-order valence-electron chi connectivity index (χ1n) is 6.25. The second-order valence-corrected chi connectivity index (χ2v) is 5.68. The molecular formula is C14H19NO3S. The second-order valence-electron chi connectivity index (χ2n) is 5.24. The summed E-state index contributed by atoms with van der Waals surface area (Å²) in [5.74, 6) is 1.57. The highest BCUT2D eigenvalue weighted by Gasteiger charge is 2.20. The van der Waals surface area contributed by atoms with Crippen molar-refractivity contribution < 1.29 is 14.2 Å². The van der Waals surface area contributed by atoms with Crippen molar-refractivity contribution in [3.8, 4) is 11.5 Å². The highest BCUT2D eigenvalue weighted by molar-refractivity contribution is 7.80. The number of benzene rings is 1. The van der Waals surface area contributed by atoms with Crippen molar-refractivity contribution in [3.05, 3.63) is 23.8 Å². The van der Waals surface area contributed by atoms with E-state index in [1.54, 1.807) is 0 Å². The van der Waals surface area contributed by atoms with E-state index in [9.17, 15) is 0 Å². The quantitative estimate of drug-likeness (QED) is 0.641. The maximum atomic E-state index is 5.67. The molecule has 0 bridgehead atoms. The summed E-state index contributed by atoms with van der Waals surface area (Å²) in [6, 6.07) is 5.83. The van der Waals surface area contributed by atoms with Gasteiger partial charge in [0.2, 0.25) is 6.79 Å². The average molecular weight is 281 g/mol. The van der Waals surface area contributed by atoms with E-state index in [4.69, 9.17) is 32.2 Å². The second kappa shape index (κ2) is 5.75. The van der Waals surface area contributed by atoms with Gasteiger partial charge >= 0.3 is 0 Å². The minimum atomic E-state index is -0.162. The molecule has 0 saturated heterocycles. The number of fused-ring (bicyclic) bond motifs is 1. The van der Waals surface area contributed by atoms with Crippen LogP contribution in [0.3, 0.4) is 0 Å². The van der Waals surface area contributed by atoms with Crippen LogP contribution < -0.4 is 15.2 Å². The van der Waals surface area contributed by atoms with Gasteiger partial charge in [-0.1, -0.05) is 32.1 Å². The highest BCUT2D eigenvalue weighted by Crippen LogP contribution is 2.32. The Kier molecular flexibility index (Phi) is 4.27. The van der Waals surface area contributed by atoms with Crippen molar-refractivity contribution >= 4 is 17.2 Å². The molecular weight excluding hydrogens is 262 g/mol. The molecule has 19 heavy (non-hydrogen) atoms. The summed E-state index contributed by atoms with van der Waals surface area (Å²) >= 11 is 5.02. The summed E-state index contributed by atoms with van der Waals surface area (Å²) in [7, 11) is 0. The molecule has 0 spiro atoms. The molecule has 1 aromatic carbocycles. The molecule has 1 aromatic rings. The lowest BCUT2D eigenvalue weighted by Crippen LogP contribution is -2.30. The molecule has 0 aromatic heterocycles. The monoisotopic (exact) mass is 281 g/mol. The number of hydrogen-bond acceptors (Lipinski definition) is 4. The third kappa shape index (κ3) is 3.58. The van der Waals surface area contributed by atoms with Crippen molar-refractivity contribution in [2.45, 2.75) is 26.9 Å². The Morgan fingerprint density at radius 1 is 1.37 bits per heavy atom. The van der Waals surface area contributed by atoms with Gasteiger partial charge < -0.3 is 19.9 Å². The Morgan fingerprint density at radius 2 is 2.11 bits per heavy atom. The van der Waals surface area contributed by atoms with Gasteiger partial charge in [-0.05, 0) is 24.1 Å². The minimum Gasteiger partial charge on any atom is -0.454 e. The van der Waals surface area contributed by atoms with Crippen molar-refractivity contribution in [1.82, 2.24) is 0 Å². The third-order valence-electron chi connectivity index (χ3n) is 3.24. The molecule has 1 aliphatic rings. The lowest BCUT2D eigenvalue weighted by molar-refractivity contribution is 0.104. The summed E-state index contributed by atoms with van der Waals surface area (Å²) in [4.78, 5) is 0.527. The Labute approximate surface area is 118 Å². The zero-order chi connectivity index (χ0) is 13.9. The fraction of sp³-hybridized carbons (Fsp3) is 0.500. The molecule has 0 unspecified atom stereocenters. The number of nitrogens with two attached hydrogens (primary N) is 1. The van der Waals surface area contributed by atoms with E-state index < -0.39 is 0 Å². The van der Waals surface area contributed by atoms with E-state index in [-0.39, 0.29) is 5.41 Å². The molecule has 1 aliphatic heterocycles. The summed E-state index contributed by atoms with van der Waals surface area (Å²) in [6.45, 7) is 5.52. The van der Waals surface area contributed by atoms with Crippen LogP contribution >= 0.6 is 12.2 Å². The van der Waals surface area contributed by atoms with Gasteiger partial charge in [-0.25, -0.2) is 0 Å². The van der Waals surface area contributed by atoms with Gasteiger partial charge in [0, 0.05) is 12.0 Å². The van der Waals surface area contributed by atoms with E-state index >= 15 is 0 Å². The number of rotatable bonds is 6. The smallest absolute Gasteiger partial charge is 0.231 e. The number of ether oxygens (including phenoxy) is 3. The van der Waals surface area contributed by atoms with Crippen molar-refractivity contribution in [2.75, 3.05) is 13.4 Å². The van der Waals surface area contributed by atoms with Crippen LogP contribution in [0.5, 0.6) is 11.5 Å². The van der Waals surface area contributed by atoms with Crippen LogP contribution in [0.15, 0.2) is 18.2 Å². The van der Waals surface area contributed by atoms with Crippen LogP contribution in [0.1, 0.15) is 25.8 Å². The topological polar surface area (TPSA) is 53.7 Å². The maximum absolute atomic E-state index is 5.67. The van der Waals surface area contributed by atoms with Gasteiger partial charge in [0.25, 0.3) is 0 Å². The average Bonchev–Trinajstić information content (AvgIpc) is 2.81. The van der Waals surface area contributed by atoms with Gasteiger partial charge in [0.15, 0.2) is 11.5 Å². The van der Waals surface area contributed by atoms with Gasteiger partial charge in [-0.2, -0.15) is 0 Å². The van der Waals surface area contributed by atoms with Gasteiger partial charge in [0.05, 0.1) is 11.6 Å². The zero-order valence-corrected chi connectivity index (χ0v) is 12.1. The molecule has 0 saturated carbocycles. The summed E-state index contributed by atoms with van der Waals surface area (Å²) in [5.41, 5.74) is 6.58. The molecule has 0 fully saturated rings. The zero-order valence-electron chi connectivity index (χ0n) is 11.3. The summed E-state index contributed by atoms with van der Waals surface area (Å²) in [5, 5.41) is 0. The molecule has 104 valence electrons. The molecule has 0 atom stereocenters. The molecule has 5 heteroatoms. The molecule has 0 radical (unpaired) electrons. The number of thiocarbonyl (C=S) groups is 1. The van der Waals surface area contributed by atoms with Crippen molar-refractivity contribution in [1.29, 1.82) is 0 Å². The first-order valence-corrected chi connectivity index (χ1v) is 6.66. The van der Waals surface area contributed by atoms with Crippen LogP contribution in [0.4, 0.5) is 0 Å². The van der Waals surface area contributed by atoms with Gasteiger partial charge in [-0.15, -0.1) is 0 Å². The Bertz CT molecular complexity index is 474. The van der Waals surface area contributed by atoms with Crippen LogP contribution in [0.25, 0.3) is 0 Å². The van der Waals surface area contributed by atoms with E-state index in [0.717, 1.165) is 23.5 Å². The van der Waals surface area contributed by atoms with E-state index in [0.29, 0.717) is 25.0 Å². The normalized spacial score (nSPS) is 13.6. The maximum Gasteiger partial charge on any atom is 0.231 e. The largest absolute Gasteiger partial charge is 0.454 e. The molecule has 1 heterocycles. The van der Waals surface area contributed by atoms with Crippen LogP contribution in [-0.2, 0) is 11.3 Å². The summed E-state index contributed by atoms with van der Waals surface area (Å²) < 4.78 is 16.2. The van der Waals surface area contributed by atoms with Crippen LogP contribution in [0.2, 0.25) is 0 Å². The molecule has 2 rings (SSSR count). The van der Waals surface area contributed by atoms with Gasteiger partial charge in [-0.3, -0.25) is 0 Å². The third-order valence-corrected chi connectivity index (χ3v) is 3.80. The summed E-state index contributed by atoms with van der Waals surface area (Å²) in [6.07, 6.45) is 0.812. The first kappa shape index (κ1) is 14.1. The van der Waals surface area contributed by atoms with Crippen LogP contribution in [0, 0.1) is 5.41 Å². The van der Waals surface area contributed by atoms with E-state index in [2.05, 4.69) is 0 Å².